The van der Waals surface area contributed by atoms with E-state index in [0.717, 1.165) is 11.3 Å². The van der Waals surface area contributed by atoms with E-state index in [1.165, 1.54) is 11.9 Å². The number of hydrogen-bond acceptors (Lipinski definition) is 5. The van der Waals surface area contributed by atoms with Gasteiger partial charge in [0.15, 0.2) is 0 Å². The first-order chi connectivity index (χ1) is 8.06. The second kappa shape index (κ2) is 4.29. The van der Waals surface area contributed by atoms with E-state index in [0.29, 0.717) is 17.3 Å². The maximum atomic E-state index is 5.94. The number of nitrogens with one attached hydrogen (secondary N) is 1. The summed E-state index contributed by atoms with van der Waals surface area (Å²) in [4.78, 5) is 7.90. The lowest BCUT2D eigenvalue weighted by molar-refractivity contribution is 1.17. The van der Waals surface area contributed by atoms with Gasteiger partial charge in [-0.25, -0.2) is 9.97 Å². The van der Waals surface area contributed by atoms with Crippen LogP contribution in [0.25, 0.3) is 0 Å². The third kappa shape index (κ3) is 2.44. The van der Waals surface area contributed by atoms with Crippen molar-refractivity contribution in [3.63, 3.8) is 0 Å². The fraction of sp³-hybridized carbons (Fsp3) is 0.167. The molecule has 0 unspecified atom stereocenters. The summed E-state index contributed by atoms with van der Waals surface area (Å²) in [6.07, 6.45) is 1.41. The number of nitrogens with zero attached hydrogens (tertiary/aromatic N) is 2. The molecule has 5 heteroatoms. The van der Waals surface area contributed by atoms with Crippen molar-refractivity contribution >= 4 is 23.0 Å². The lowest BCUT2D eigenvalue weighted by Crippen LogP contribution is -2.01. The van der Waals surface area contributed by atoms with Crippen LogP contribution in [0.3, 0.4) is 0 Å². The van der Waals surface area contributed by atoms with E-state index in [1.54, 1.807) is 6.07 Å². The largest absolute Gasteiger partial charge is 0.397 e. The molecule has 0 fully saturated rings. The van der Waals surface area contributed by atoms with E-state index in [1.807, 2.05) is 26.0 Å². The van der Waals surface area contributed by atoms with Crippen LogP contribution in [0.5, 0.6) is 0 Å². The van der Waals surface area contributed by atoms with Gasteiger partial charge in [0.2, 0.25) is 0 Å². The van der Waals surface area contributed by atoms with Crippen molar-refractivity contribution in [2.24, 2.45) is 0 Å². The van der Waals surface area contributed by atoms with Crippen molar-refractivity contribution in [1.29, 1.82) is 0 Å². The quantitative estimate of drug-likeness (QED) is 0.685. The molecule has 0 saturated heterocycles. The fourth-order valence-electron chi connectivity index (χ4n) is 1.53. The molecule has 5 N–H and O–H groups in total. The van der Waals surface area contributed by atoms with E-state index in [2.05, 4.69) is 15.3 Å². The summed E-state index contributed by atoms with van der Waals surface area (Å²) in [5.41, 5.74) is 15.4. The molecule has 1 heterocycles. The van der Waals surface area contributed by atoms with Crippen LogP contribution in [0.15, 0.2) is 24.5 Å². The first-order valence-electron chi connectivity index (χ1n) is 5.27. The molecule has 88 valence electrons. The van der Waals surface area contributed by atoms with Gasteiger partial charge in [-0.1, -0.05) is 0 Å². The number of benzene rings is 1. The molecule has 1 aromatic carbocycles. The maximum absolute atomic E-state index is 5.94. The molecule has 0 saturated carbocycles. The Bertz CT molecular complexity index is 551. The second-order valence-electron chi connectivity index (χ2n) is 3.98. The third-order valence-corrected chi connectivity index (χ3v) is 2.62. The Kier molecular flexibility index (Phi) is 2.82. The zero-order valence-corrected chi connectivity index (χ0v) is 9.86. The molecule has 1 aromatic heterocycles. The molecule has 0 aliphatic heterocycles. The highest BCUT2D eigenvalue weighted by atomic mass is 15.0. The minimum atomic E-state index is 0.421. The minimum Gasteiger partial charge on any atom is -0.397 e. The SMILES string of the molecule is Cc1cc(N)c(Nc2cc(N)ncn2)cc1C. The van der Waals surface area contributed by atoms with Gasteiger partial charge in [-0.15, -0.1) is 0 Å². The van der Waals surface area contributed by atoms with Gasteiger partial charge in [0.1, 0.15) is 18.0 Å². The number of rotatable bonds is 2. The van der Waals surface area contributed by atoms with Crippen LogP contribution in [0.4, 0.5) is 23.0 Å². The molecule has 0 spiro atoms. The van der Waals surface area contributed by atoms with Crippen molar-refractivity contribution < 1.29 is 0 Å². The van der Waals surface area contributed by atoms with E-state index >= 15 is 0 Å². The van der Waals surface area contributed by atoms with Gasteiger partial charge in [-0.2, -0.15) is 0 Å². The number of aryl methyl sites for hydroxylation is 2. The molecule has 0 aliphatic carbocycles. The molecule has 17 heavy (non-hydrogen) atoms. The summed E-state index contributed by atoms with van der Waals surface area (Å²) in [6.45, 7) is 4.06. The van der Waals surface area contributed by atoms with Gasteiger partial charge in [0.25, 0.3) is 0 Å². The topological polar surface area (TPSA) is 89.8 Å². The van der Waals surface area contributed by atoms with Gasteiger partial charge in [-0.05, 0) is 37.1 Å². The number of anilines is 4. The number of aromatic nitrogens is 2. The van der Waals surface area contributed by atoms with Crippen LogP contribution >= 0.6 is 0 Å². The van der Waals surface area contributed by atoms with Crippen LogP contribution < -0.4 is 16.8 Å². The summed E-state index contributed by atoms with van der Waals surface area (Å²) in [5.74, 6) is 1.05. The Morgan fingerprint density at radius 1 is 1.00 bits per heavy atom. The molecular formula is C12H15N5. The van der Waals surface area contributed by atoms with Gasteiger partial charge in [0, 0.05) is 6.07 Å². The monoisotopic (exact) mass is 229 g/mol. The highest BCUT2D eigenvalue weighted by Gasteiger charge is 2.04. The summed E-state index contributed by atoms with van der Waals surface area (Å²) in [5, 5.41) is 3.12. The maximum Gasteiger partial charge on any atom is 0.135 e. The number of nitrogens with two attached hydrogens (primary N) is 2. The van der Waals surface area contributed by atoms with Gasteiger partial charge < -0.3 is 16.8 Å². The molecular weight excluding hydrogens is 214 g/mol. The Balaban J connectivity index is 2.33. The molecule has 2 aromatic rings. The molecule has 0 amide bonds. The number of hydrogen-bond donors (Lipinski definition) is 3. The normalized spacial score (nSPS) is 10.2. The lowest BCUT2D eigenvalue weighted by Gasteiger charge is -2.11. The van der Waals surface area contributed by atoms with Crippen molar-refractivity contribution in [2.45, 2.75) is 13.8 Å². The average Bonchev–Trinajstić information content (AvgIpc) is 2.26. The van der Waals surface area contributed by atoms with Crippen molar-refractivity contribution in [1.82, 2.24) is 9.97 Å². The van der Waals surface area contributed by atoms with Crippen LogP contribution in [0, 0.1) is 13.8 Å². The molecule has 0 aliphatic rings. The Morgan fingerprint density at radius 3 is 2.41 bits per heavy atom. The molecule has 5 nitrogen and oxygen atoms in total. The Hall–Kier alpha value is -2.30. The van der Waals surface area contributed by atoms with E-state index in [4.69, 9.17) is 11.5 Å². The second-order valence-corrected chi connectivity index (χ2v) is 3.98. The summed E-state index contributed by atoms with van der Waals surface area (Å²) < 4.78 is 0. The van der Waals surface area contributed by atoms with Gasteiger partial charge >= 0.3 is 0 Å². The number of nitrogen functional groups attached to an aromatic ring is 2. The molecule has 0 radical (unpaired) electrons. The molecule has 0 bridgehead atoms. The zero-order chi connectivity index (χ0) is 12.4. The predicted octanol–water partition coefficient (Wildman–Crippen LogP) is 2.00. The van der Waals surface area contributed by atoms with Crippen molar-refractivity contribution in [3.05, 3.63) is 35.7 Å². The average molecular weight is 229 g/mol. The van der Waals surface area contributed by atoms with Crippen molar-refractivity contribution in [2.75, 3.05) is 16.8 Å². The molecule has 0 atom stereocenters. The summed E-state index contributed by atoms with van der Waals surface area (Å²) in [6, 6.07) is 5.58. The Morgan fingerprint density at radius 2 is 1.71 bits per heavy atom. The fourth-order valence-corrected chi connectivity index (χ4v) is 1.53. The van der Waals surface area contributed by atoms with E-state index in [-0.39, 0.29) is 0 Å². The van der Waals surface area contributed by atoms with Gasteiger partial charge in [0.05, 0.1) is 11.4 Å². The van der Waals surface area contributed by atoms with Crippen molar-refractivity contribution in [3.8, 4) is 0 Å². The molecule has 2 rings (SSSR count). The third-order valence-electron chi connectivity index (χ3n) is 2.62. The highest BCUT2D eigenvalue weighted by Crippen LogP contribution is 2.25. The summed E-state index contributed by atoms with van der Waals surface area (Å²) in [7, 11) is 0. The lowest BCUT2D eigenvalue weighted by atomic mass is 10.1. The Labute approximate surface area is 99.9 Å². The standard InChI is InChI=1S/C12H15N5/c1-7-3-9(13)10(4-8(7)2)17-12-5-11(14)15-6-16-12/h3-6H,13H2,1-2H3,(H3,14,15,16,17). The van der Waals surface area contributed by atoms with Crippen LogP contribution in [-0.2, 0) is 0 Å². The highest BCUT2D eigenvalue weighted by molar-refractivity contribution is 5.73. The van der Waals surface area contributed by atoms with Gasteiger partial charge in [-0.3, -0.25) is 0 Å². The summed E-state index contributed by atoms with van der Waals surface area (Å²) >= 11 is 0. The van der Waals surface area contributed by atoms with Crippen LogP contribution in [0.2, 0.25) is 0 Å². The van der Waals surface area contributed by atoms with Crippen LogP contribution in [0.1, 0.15) is 11.1 Å². The van der Waals surface area contributed by atoms with Crippen LogP contribution in [-0.4, -0.2) is 9.97 Å². The van der Waals surface area contributed by atoms with E-state index in [9.17, 15) is 0 Å². The zero-order valence-electron chi connectivity index (χ0n) is 9.86. The van der Waals surface area contributed by atoms with E-state index < -0.39 is 0 Å². The predicted molar refractivity (Wildman–Crippen MR) is 70.1 cm³/mol. The first kappa shape index (κ1) is 11.2. The first-order valence-corrected chi connectivity index (χ1v) is 5.27. The smallest absolute Gasteiger partial charge is 0.135 e. The minimum absolute atomic E-state index is 0.421.